The van der Waals surface area contributed by atoms with Gasteiger partial charge in [0.2, 0.25) is 0 Å². The number of ether oxygens (including phenoxy) is 2. The van der Waals surface area contributed by atoms with Gasteiger partial charge >= 0.3 is 0 Å². The number of hydrogen-bond acceptors (Lipinski definition) is 4. The van der Waals surface area contributed by atoms with E-state index in [-0.39, 0.29) is 17.2 Å². The quantitative estimate of drug-likeness (QED) is 0.712. The molecule has 0 aromatic heterocycles. The lowest BCUT2D eigenvalue weighted by Crippen LogP contribution is -2.23. The molecule has 1 atom stereocenters. The van der Waals surface area contributed by atoms with Crippen LogP contribution >= 0.6 is 23.2 Å². The summed E-state index contributed by atoms with van der Waals surface area (Å²) < 4.78 is 24.8. The van der Waals surface area contributed by atoms with E-state index in [1.807, 2.05) is 0 Å². The Hall–Kier alpha value is -1.53. The van der Waals surface area contributed by atoms with Crippen LogP contribution in [-0.2, 0) is 13.2 Å². The number of halogens is 3. The maximum atomic E-state index is 13.8. The van der Waals surface area contributed by atoms with Gasteiger partial charge in [0.05, 0.1) is 23.3 Å². The molecule has 0 bridgehead atoms. The number of aliphatic hydroxyl groups excluding tert-OH is 1. The van der Waals surface area contributed by atoms with E-state index in [2.05, 4.69) is 5.32 Å². The van der Waals surface area contributed by atoms with Crippen LogP contribution in [0.25, 0.3) is 0 Å². The Balaban J connectivity index is 2.15. The minimum atomic E-state index is -0.443. The fourth-order valence-corrected chi connectivity index (χ4v) is 2.76. The molecule has 2 N–H and O–H groups in total. The maximum absolute atomic E-state index is 13.8. The van der Waals surface area contributed by atoms with Crippen LogP contribution in [0.3, 0.4) is 0 Å². The zero-order valence-electron chi connectivity index (χ0n) is 14.0. The van der Waals surface area contributed by atoms with Crippen molar-refractivity contribution in [2.75, 3.05) is 13.7 Å². The van der Waals surface area contributed by atoms with Crippen molar-refractivity contribution in [2.45, 2.75) is 26.2 Å². The number of rotatable bonds is 8. The third-order valence-electron chi connectivity index (χ3n) is 3.48. The molecule has 2 rings (SSSR count). The first kappa shape index (κ1) is 19.8. The molecule has 0 saturated heterocycles. The summed E-state index contributed by atoms with van der Waals surface area (Å²) in [5.41, 5.74) is 1.13. The summed E-state index contributed by atoms with van der Waals surface area (Å²) in [6, 6.07) is 7.96. The van der Waals surface area contributed by atoms with E-state index >= 15 is 0 Å². The van der Waals surface area contributed by atoms with Gasteiger partial charge in [-0.2, -0.15) is 0 Å². The van der Waals surface area contributed by atoms with Gasteiger partial charge in [-0.15, -0.1) is 0 Å². The molecule has 0 aliphatic rings. The van der Waals surface area contributed by atoms with Crippen molar-refractivity contribution in [3.05, 3.63) is 57.3 Å². The molecule has 7 heteroatoms. The SMILES string of the molecule is COc1cc(CNC[C@H](C)O)cc(Cl)c1OCc1c(F)cccc1Cl. The first-order valence-electron chi connectivity index (χ1n) is 7.73. The van der Waals surface area contributed by atoms with Crippen molar-refractivity contribution in [2.24, 2.45) is 0 Å². The predicted octanol–water partition coefficient (Wildman–Crippen LogP) is 4.19. The zero-order chi connectivity index (χ0) is 18.4. The fraction of sp³-hybridized carbons (Fsp3) is 0.333. The second-order valence-corrected chi connectivity index (χ2v) is 6.39. The molecule has 0 unspecified atom stereocenters. The Morgan fingerprint density at radius 3 is 2.64 bits per heavy atom. The molecular formula is C18H20Cl2FNO3. The van der Waals surface area contributed by atoms with E-state index in [4.69, 9.17) is 32.7 Å². The highest BCUT2D eigenvalue weighted by Gasteiger charge is 2.15. The van der Waals surface area contributed by atoms with Crippen molar-refractivity contribution in [3.63, 3.8) is 0 Å². The lowest BCUT2D eigenvalue weighted by atomic mass is 10.2. The van der Waals surface area contributed by atoms with Crippen LogP contribution < -0.4 is 14.8 Å². The largest absolute Gasteiger partial charge is 0.493 e. The van der Waals surface area contributed by atoms with Crippen LogP contribution in [0.1, 0.15) is 18.1 Å². The Morgan fingerprint density at radius 1 is 1.24 bits per heavy atom. The molecule has 0 saturated carbocycles. The normalized spacial score (nSPS) is 12.1. The number of methoxy groups -OCH3 is 1. The lowest BCUT2D eigenvalue weighted by molar-refractivity contribution is 0.191. The minimum absolute atomic E-state index is 0.0682. The summed E-state index contributed by atoms with van der Waals surface area (Å²) in [6.45, 7) is 2.61. The highest BCUT2D eigenvalue weighted by Crippen LogP contribution is 2.37. The molecule has 0 aliphatic heterocycles. The summed E-state index contributed by atoms with van der Waals surface area (Å²) >= 11 is 12.3. The fourth-order valence-electron chi connectivity index (χ4n) is 2.26. The van der Waals surface area contributed by atoms with E-state index < -0.39 is 11.9 Å². The number of nitrogens with one attached hydrogen (secondary N) is 1. The van der Waals surface area contributed by atoms with Gasteiger partial charge in [0.15, 0.2) is 11.5 Å². The highest BCUT2D eigenvalue weighted by molar-refractivity contribution is 6.32. The van der Waals surface area contributed by atoms with Gasteiger partial charge in [-0.1, -0.05) is 29.3 Å². The van der Waals surface area contributed by atoms with Gasteiger partial charge in [0.25, 0.3) is 0 Å². The van der Waals surface area contributed by atoms with E-state index in [9.17, 15) is 9.50 Å². The molecule has 4 nitrogen and oxygen atoms in total. The number of benzene rings is 2. The van der Waals surface area contributed by atoms with Gasteiger partial charge in [-0.3, -0.25) is 0 Å². The molecular weight excluding hydrogens is 368 g/mol. The highest BCUT2D eigenvalue weighted by atomic mass is 35.5. The molecule has 0 fully saturated rings. The Kier molecular flexibility index (Phi) is 7.32. The van der Waals surface area contributed by atoms with Gasteiger partial charge in [0.1, 0.15) is 12.4 Å². The zero-order valence-corrected chi connectivity index (χ0v) is 15.5. The van der Waals surface area contributed by atoms with E-state index in [0.717, 1.165) is 5.56 Å². The average molecular weight is 388 g/mol. The molecule has 2 aromatic rings. The first-order valence-corrected chi connectivity index (χ1v) is 8.48. The smallest absolute Gasteiger partial charge is 0.180 e. The number of hydrogen-bond donors (Lipinski definition) is 2. The average Bonchev–Trinajstić information content (AvgIpc) is 2.55. The molecule has 0 radical (unpaired) electrons. The summed E-state index contributed by atoms with van der Waals surface area (Å²) in [6.07, 6.45) is -0.439. The van der Waals surface area contributed by atoms with E-state index in [1.165, 1.54) is 19.2 Å². The van der Waals surface area contributed by atoms with Gasteiger partial charge in [0, 0.05) is 18.7 Å². The lowest BCUT2D eigenvalue weighted by Gasteiger charge is -2.15. The van der Waals surface area contributed by atoms with Gasteiger partial charge in [-0.25, -0.2) is 4.39 Å². The van der Waals surface area contributed by atoms with Crippen LogP contribution in [0.5, 0.6) is 11.5 Å². The maximum Gasteiger partial charge on any atom is 0.180 e. The molecule has 0 heterocycles. The van der Waals surface area contributed by atoms with Crippen LogP contribution in [0, 0.1) is 5.82 Å². The van der Waals surface area contributed by atoms with Gasteiger partial charge in [-0.05, 0) is 36.8 Å². The van der Waals surface area contributed by atoms with E-state index in [0.29, 0.717) is 29.6 Å². The Morgan fingerprint density at radius 2 is 2.00 bits per heavy atom. The van der Waals surface area contributed by atoms with Gasteiger partial charge < -0.3 is 19.9 Å². The van der Waals surface area contributed by atoms with Crippen molar-refractivity contribution >= 4 is 23.2 Å². The molecule has 0 amide bonds. The monoisotopic (exact) mass is 387 g/mol. The number of aliphatic hydroxyl groups is 1. The molecule has 25 heavy (non-hydrogen) atoms. The summed E-state index contributed by atoms with van der Waals surface area (Å²) in [5.74, 6) is 0.318. The third kappa shape index (κ3) is 5.47. The predicted molar refractivity (Wildman–Crippen MR) is 97.1 cm³/mol. The second-order valence-electron chi connectivity index (χ2n) is 5.58. The molecule has 0 aliphatic carbocycles. The topological polar surface area (TPSA) is 50.7 Å². The van der Waals surface area contributed by atoms with Crippen molar-refractivity contribution < 1.29 is 19.0 Å². The van der Waals surface area contributed by atoms with Crippen molar-refractivity contribution in [1.82, 2.24) is 5.32 Å². The van der Waals surface area contributed by atoms with Crippen LogP contribution in [0.2, 0.25) is 10.0 Å². The van der Waals surface area contributed by atoms with E-state index in [1.54, 1.807) is 25.1 Å². The van der Waals surface area contributed by atoms with Crippen LogP contribution in [0.4, 0.5) is 4.39 Å². The molecule has 0 spiro atoms. The minimum Gasteiger partial charge on any atom is -0.493 e. The molecule has 2 aromatic carbocycles. The Bertz CT molecular complexity index is 705. The van der Waals surface area contributed by atoms with Crippen molar-refractivity contribution in [3.8, 4) is 11.5 Å². The molecule has 136 valence electrons. The van der Waals surface area contributed by atoms with Crippen LogP contribution in [0.15, 0.2) is 30.3 Å². The Labute approximate surface area is 156 Å². The summed E-state index contributed by atoms with van der Waals surface area (Å²) in [4.78, 5) is 0. The third-order valence-corrected chi connectivity index (χ3v) is 4.12. The first-order chi connectivity index (χ1) is 11.9. The van der Waals surface area contributed by atoms with Crippen LogP contribution in [-0.4, -0.2) is 24.9 Å². The van der Waals surface area contributed by atoms with Crippen molar-refractivity contribution in [1.29, 1.82) is 0 Å². The summed E-state index contributed by atoms with van der Waals surface area (Å²) in [5, 5.41) is 13.0. The standard InChI is InChI=1S/C18H20Cl2FNO3/c1-11(23)8-22-9-12-6-15(20)18(17(7-12)24-2)25-10-13-14(19)4-3-5-16(13)21/h3-7,11,22-23H,8-10H2,1-2H3/t11-/m0/s1. The summed E-state index contributed by atoms with van der Waals surface area (Å²) in [7, 11) is 1.50. The second kappa shape index (κ2) is 9.25.